The molecule has 0 heterocycles. The molecule has 0 aliphatic carbocycles. The molecule has 2 aromatic carbocycles. The van der Waals surface area contributed by atoms with Crippen molar-refractivity contribution in [1.29, 1.82) is 0 Å². The zero-order valence-electron chi connectivity index (χ0n) is 12.1. The molecule has 0 aromatic heterocycles. The lowest BCUT2D eigenvalue weighted by molar-refractivity contribution is 0.911. The maximum atomic E-state index is 2.32. The first-order valence-corrected chi connectivity index (χ1v) is 7.19. The molecule has 0 radical (unpaired) electrons. The molecule has 0 unspecified atom stereocenters. The molecule has 0 saturated heterocycles. The standard InChI is InChI=1S/C18H24/c1-5-7-15-9-11-18-14(4)16(8-6-2)10-12-17(18)13(15)3/h9-12H,5-8H2,1-4H3. The molecular formula is C18H24. The van der Waals surface area contributed by atoms with Crippen LogP contribution >= 0.6 is 0 Å². The van der Waals surface area contributed by atoms with Crippen molar-refractivity contribution < 1.29 is 0 Å². The molecule has 0 spiro atoms. The Bertz CT molecular complexity index is 498. The van der Waals surface area contributed by atoms with Crippen LogP contribution in [0.15, 0.2) is 24.3 Å². The predicted molar refractivity (Wildman–Crippen MR) is 81.4 cm³/mol. The van der Waals surface area contributed by atoms with E-state index >= 15 is 0 Å². The average molecular weight is 240 g/mol. The first-order valence-electron chi connectivity index (χ1n) is 7.19. The Morgan fingerprint density at radius 1 is 0.667 bits per heavy atom. The summed E-state index contributed by atoms with van der Waals surface area (Å²) in [6, 6.07) is 9.29. The molecule has 0 atom stereocenters. The van der Waals surface area contributed by atoms with Gasteiger partial charge in [0.25, 0.3) is 0 Å². The number of hydrogen-bond donors (Lipinski definition) is 0. The van der Waals surface area contributed by atoms with E-state index in [1.54, 1.807) is 0 Å². The van der Waals surface area contributed by atoms with E-state index in [4.69, 9.17) is 0 Å². The van der Waals surface area contributed by atoms with Crippen molar-refractivity contribution in [2.24, 2.45) is 0 Å². The molecule has 0 amide bonds. The summed E-state index contributed by atoms with van der Waals surface area (Å²) < 4.78 is 0. The van der Waals surface area contributed by atoms with Crippen molar-refractivity contribution in [3.63, 3.8) is 0 Å². The highest BCUT2D eigenvalue weighted by molar-refractivity contribution is 5.90. The minimum Gasteiger partial charge on any atom is -0.0651 e. The highest BCUT2D eigenvalue weighted by atomic mass is 14.1. The van der Waals surface area contributed by atoms with Gasteiger partial charge in [0.15, 0.2) is 0 Å². The summed E-state index contributed by atoms with van der Waals surface area (Å²) >= 11 is 0. The average Bonchev–Trinajstić information content (AvgIpc) is 2.37. The molecule has 0 aliphatic heterocycles. The molecule has 0 fully saturated rings. The van der Waals surface area contributed by atoms with E-state index in [9.17, 15) is 0 Å². The van der Waals surface area contributed by atoms with Crippen LogP contribution in [0.25, 0.3) is 10.8 Å². The minimum absolute atomic E-state index is 1.19. The second-order valence-electron chi connectivity index (χ2n) is 5.29. The summed E-state index contributed by atoms with van der Waals surface area (Å²) in [6.07, 6.45) is 4.83. The van der Waals surface area contributed by atoms with Gasteiger partial charge in [-0.2, -0.15) is 0 Å². The van der Waals surface area contributed by atoms with E-state index in [1.165, 1.54) is 58.7 Å². The Labute approximate surface area is 111 Å². The third-order valence-electron chi connectivity index (χ3n) is 4.00. The van der Waals surface area contributed by atoms with E-state index in [1.807, 2.05) is 0 Å². The maximum absolute atomic E-state index is 2.32. The summed E-state index contributed by atoms with van der Waals surface area (Å²) in [7, 11) is 0. The maximum Gasteiger partial charge on any atom is -0.0149 e. The van der Waals surface area contributed by atoms with Crippen molar-refractivity contribution in [1.82, 2.24) is 0 Å². The largest absolute Gasteiger partial charge is 0.0651 e. The fourth-order valence-electron chi connectivity index (χ4n) is 2.88. The van der Waals surface area contributed by atoms with Gasteiger partial charge in [0, 0.05) is 0 Å². The molecule has 0 N–H and O–H groups in total. The molecule has 0 aliphatic rings. The van der Waals surface area contributed by atoms with Crippen molar-refractivity contribution in [3.8, 4) is 0 Å². The highest BCUT2D eigenvalue weighted by Crippen LogP contribution is 2.28. The molecule has 0 nitrogen and oxygen atoms in total. The van der Waals surface area contributed by atoms with Crippen molar-refractivity contribution in [3.05, 3.63) is 46.5 Å². The summed E-state index contributed by atoms with van der Waals surface area (Å²) in [5.41, 5.74) is 5.96. The van der Waals surface area contributed by atoms with E-state index < -0.39 is 0 Å². The third kappa shape index (κ3) is 2.29. The molecule has 18 heavy (non-hydrogen) atoms. The van der Waals surface area contributed by atoms with E-state index in [0.29, 0.717) is 0 Å². The molecule has 0 heteroatoms. The van der Waals surface area contributed by atoms with Gasteiger partial charge in [-0.1, -0.05) is 51.0 Å². The number of aryl methyl sites for hydroxylation is 4. The van der Waals surface area contributed by atoms with Crippen LogP contribution in [0.5, 0.6) is 0 Å². The summed E-state index contributed by atoms with van der Waals surface area (Å²) in [4.78, 5) is 0. The fraction of sp³-hybridized carbons (Fsp3) is 0.444. The Morgan fingerprint density at radius 3 is 1.39 bits per heavy atom. The lowest BCUT2D eigenvalue weighted by atomic mass is 9.92. The Balaban J connectivity index is 2.60. The first-order chi connectivity index (χ1) is 8.69. The highest BCUT2D eigenvalue weighted by Gasteiger charge is 2.07. The fourth-order valence-corrected chi connectivity index (χ4v) is 2.88. The van der Waals surface area contributed by atoms with Crippen LogP contribution < -0.4 is 0 Å². The molecule has 96 valence electrons. The van der Waals surface area contributed by atoms with Crippen LogP contribution in [0.3, 0.4) is 0 Å². The smallest absolute Gasteiger partial charge is 0.0149 e. The van der Waals surface area contributed by atoms with E-state index in [0.717, 1.165) is 0 Å². The second-order valence-corrected chi connectivity index (χ2v) is 5.29. The van der Waals surface area contributed by atoms with Crippen LogP contribution in [0.4, 0.5) is 0 Å². The van der Waals surface area contributed by atoms with E-state index in [-0.39, 0.29) is 0 Å². The van der Waals surface area contributed by atoms with Crippen LogP contribution in [0.2, 0.25) is 0 Å². The van der Waals surface area contributed by atoms with Gasteiger partial charge in [-0.15, -0.1) is 0 Å². The van der Waals surface area contributed by atoms with Crippen molar-refractivity contribution in [2.75, 3.05) is 0 Å². The quantitative estimate of drug-likeness (QED) is 0.674. The monoisotopic (exact) mass is 240 g/mol. The van der Waals surface area contributed by atoms with Gasteiger partial charge >= 0.3 is 0 Å². The number of rotatable bonds is 4. The van der Waals surface area contributed by atoms with Crippen molar-refractivity contribution >= 4 is 10.8 Å². The molecular weight excluding hydrogens is 216 g/mol. The van der Waals surface area contributed by atoms with Crippen LogP contribution in [-0.4, -0.2) is 0 Å². The van der Waals surface area contributed by atoms with Gasteiger partial charge in [-0.25, -0.2) is 0 Å². The summed E-state index contributed by atoms with van der Waals surface area (Å²) in [6.45, 7) is 9.04. The zero-order chi connectivity index (χ0) is 13.1. The van der Waals surface area contributed by atoms with Crippen molar-refractivity contribution in [2.45, 2.75) is 53.4 Å². The Kier molecular flexibility index (Phi) is 4.06. The first kappa shape index (κ1) is 13.1. The summed E-state index contributed by atoms with van der Waals surface area (Å²) in [5, 5.41) is 2.89. The van der Waals surface area contributed by atoms with Gasteiger partial charge < -0.3 is 0 Å². The van der Waals surface area contributed by atoms with Gasteiger partial charge in [0.2, 0.25) is 0 Å². The molecule has 0 saturated carbocycles. The Hall–Kier alpha value is -1.30. The van der Waals surface area contributed by atoms with Crippen LogP contribution in [-0.2, 0) is 12.8 Å². The minimum atomic E-state index is 1.19. The zero-order valence-corrected chi connectivity index (χ0v) is 12.1. The molecule has 0 bridgehead atoms. The molecule has 2 rings (SSSR count). The number of benzene rings is 2. The van der Waals surface area contributed by atoms with Crippen LogP contribution in [0, 0.1) is 13.8 Å². The summed E-state index contributed by atoms with van der Waals surface area (Å²) in [5.74, 6) is 0. The predicted octanol–water partition coefficient (Wildman–Crippen LogP) is 5.36. The SMILES string of the molecule is CCCc1ccc2c(C)c(CCC)ccc2c1C. The van der Waals surface area contributed by atoms with Crippen LogP contribution in [0.1, 0.15) is 48.9 Å². The van der Waals surface area contributed by atoms with Gasteiger partial charge in [-0.3, -0.25) is 0 Å². The van der Waals surface area contributed by atoms with E-state index in [2.05, 4.69) is 52.0 Å². The lowest BCUT2D eigenvalue weighted by Crippen LogP contribution is -1.94. The topological polar surface area (TPSA) is 0 Å². The number of hydrogen-bond acceptors (Lipinski definition) is 0. The normalized spacial score (nSPS) is 11.1. The third-order valence-corrected chi connectivity index (χ3v) is 4.00. The number of fused-ring (bicyclic) bond motifs is 1. The Morgan fingerprint density at radius 2 is 1.06 bits per heavy atom. The second kappa shape index (κ2) is 5.56. The van der Waals surface area contributed by atoms with Gasteiger partial charge in [0.1, 0.15) is 0 Å². The molecule has 2 aromatic rings. The van der Waals surface area contributed by atoms with Gasteiger partial charge in [0.05, 0.1) is 0 Å². The lowest BCUT2D eigenvalue weighted by Gasteiger charge is -2.13. The van der Waals surface area contributed by atoms with Gasteiger partial charge in [-0.05, 0) is 59.7 Å².